The second-order valence-corrected chi connectivity index (χ2v) is 7.24. The number of rotatable bonds is 8. The predicted molar refractivity (Wildman–Crippen MR) is 118 cm³/mol. The average molecular weight is 474 g/mol. The molecule has 4 rings (SSSR count). The predicted octanol–water partition coefficient (Wildman–Crippen LogP) is 3.33. The summed E-state index contributed by atoms with van der Waals surface area (Å²) in [6, 6.07) is 6.62. The van der Waals surface area contributed by atoms with Gasteiger partial charge in [0.2, 0.25) is 12.0 Å². The molecule has 0 radical (unpaired) electrons. The number of carbonyl (C=O) groups excluding carboxylic acids is 1. The summed E-state index contributed by atoms with van der Waals surface area (Å²) in [7, 11) is 0. The molecule has 4 aromatic rings. The minimum Gasteiger partial charge on any atom is -0.461 e. The Labute approximate surface area is 192 Å². The van der Waals surface area contributed by atoms with Crippen LogP contribution in [0.15, 0.2) is 49.2 Å². The van der Waals surface area contributed by atoms with Gasteiger partial charge in [-0.3, -0.25) is 4.79 Å². The average Bonchev–Trinajstić information content (AvgIpc) is 3.23. The van der Waals surface area contributed by atoms with Gasteiger partial charge in [0, 0.05) is 19.0 Å². The Morgan fingerprint density at radius 2 is 2.03 bits per heavy atom. The summed E-state index contributed by atoms with van der Waals surface area (Å²) in [5, 5.41) is 8.33. The van der Waals surface area contributed by atoms with Crippen molar-refractivity contribution in [2.75, 3.05) is 18.5 Å². The van der Waals surface area contributed by atoms with E-state index < -0.39 is 12.0 Å². The van der Waals surface area contributed by atoms with Crippen LogP contribution in [-0.2, 0) is 9.53 Å². The van der Waals surface area contributed by atoms with Crippen molar-refractivity contribution in [3.05, 3.63) is 59.2 Å². The first-order valence-electron chi connectivity index (χ1n) is 9.53. The lowest BCUT2D eigenvalue weighted by Gasteiger charge is -2.18. The van der Waals surface area contributed by atoms with Crippen molar-refractivity contribution in [1.29, 1.82) is 0 Å². The highest BCUT2D eigenvalue weighted by molar-refractivity contribution is 6.32. The first-order chi connectivity index (χ1) is 15.6. The van der Waals surface area contributed by atoms with E-state index in [1.165, 1.54) is 23.4 Å². The highest BCUT2D eigenvalue weighted by atomic mass is 35.5. The summed E-state index contributed by atoms with van der Waals surface area (Å²) in [6.45, 7) is 2.22. The Morgan fingerprint density at radius 1 is 1.16 bits per heavy atom. The largest absolute Gasteiger partial charge is 0.461 e. The second-order valence-electron chi connectivity index (χ2n) is 6.40. The Morgan fingerprint density at radius 3 is 2.78 bits per heavy atom. The molecule has 10 nitrogen and oxygen atoms in total. The summed E-state index contributed by atoms with van der Waals surface area (Å²) in [5.74, 6) is 0.443. The third kappa shape index (κ3) is 4.77. The lowest BCUT2D eigenvalue weighted by Crippen LogP contribution is -2.37. The van der Waals surface area contributed by atoms with Gasteiger partial charge in [-0.2, -0.15) is 9.78 Å². The molecule has 0 saturated heterocycles. The van der Waals surface area contributed by atoms with Crippen molar-refractivity contribution >= 4 is 46.0 Å². The van der Waals surface area contributed by atoms with E-state index in [0.717, 1.165) is 0 Å². The van der Waals surface area contributed by atoms with E-state index in [9.17, 15) is 4.79 Å². The lowest BCUT2D eigenvalue weighted by molar-refractivity contribution is -0.125. The summed E-state index contributed by atoms with van der Waals surface area (Å²) in [5.41, 5.74) is 0.422. The fraction of sp³-hybridized carbons (Fsp3) is 0.200. The van der Waals surface area contributed by atoms with Gasteiger partial charge in [-0.15, -0.1) is 0 Å². The molecule has 0 aliphatic carbocycles. The van der Waals surface area contributed by atoms with Gasteiger partial charge in [0.15, 0.2) is 11.5 Å². The van der Waals surface area contributed by atoms with Gasteiger partial charge in [0.1, 0.15) is 17.5 Å². The van der Waals surface area contributed by atoms with E-state index >= 15 is 0 Å². The van der Waals surface area contributed by atoms with Gasteiger partial charge in [0.05, 0.1) is 22.8 Å². The number of ether oxygens (including phenoxy) is 2. The van der Waals surface area contributed by atoms with Crippen LogP contribution in [0.1, 0.15) is 6.92 Å². The standard InChI is InChI=1S/C20H17Cl2N7O3/c1-2-31-10-15(19(30)28-16-6-5-12(21)8-24-16)32-20-13-9-27-29(17(13)25-11-26-20)18-14(22)4-3-7-23-18/h3-9,11,15H,2,10H2,1H3,(H,24,28,30)/t15-/m0/s1. The van der Waals surface area contributed by atoms with Crippen LogP contribution in [0, 0.1) is 0 Å². The maximum Gasteiger partial charge on any atom is 0.269 e. The summed E-state index contributed by atoms with van der Waals surface area (Å²) in [4.78, 5) is 29.6. The molecule has 0 spiro atoms. The summed E-state index contributed by atoms with van der Waals surface area (Å²) >= 11 is 12.1. The Bertz CT molecular complexity index is 1230. The van der Waals surface area contributed by atoms with Crippen LogP contribution in [0.4, 0.5) is 5.82 Å². The van der Waals surface area contributed by atoms with Gasteiger partial charge < -0.3 is 14.8 Å². The van der Waals surface area contributed by atoms with Crippen LogP contribution >= 0.6 is 23.2 Å². The Hall–Kier alpha value is -3.34. The molecule has 0 aliphatic rings. The quantitative estimate of drug-likeness (QED) is 0.413. The minimum atomic E-state index is -1.01. The summed E-state index contributed by atoms with van der Waals surface area (Å²) in [6.07, 6.45) is 4.85. The zero-order chi connectivity index (χ0) is 22.5. The molecule has 0 saturated carbocycles. The molecule has 1 atom stereocenters. The van der Waals surface area contributed by atoms with E-state index in [4.69, 9.17) is 32.7 Å². The number of aromatic nitrogens is 6. The molecule has 164 valence electrons. The van der Waals surface area contributed by atoms with Crippen molar-refractivity contribution in [3.63, 3.8) is 0 Å². The number of nitrogens with zero attached hydrogens (tertiary/aromatic N) is 6. The van der Waals surface area contributed by atoms with Crippen molar-refractivity contribution < 1.29 is 14.3 Å². The monoisotopic (exact) mass is 473 g/mol. The van der Waals surface area contributed by atoms with Gasteiger partial charge in [-0.25, -0.2) is 19.9 Å². The van der Waals surface area contributed by atoms with Crippen molar-refractivity contribution in [2.24, 2.45) is 0 Å². The number of hydrogen-bond acceptors (Lipinski definition) is 8. The normalized spacial score (nSPS) is 12.0. The number of nitrogens with one attached hydrogen (secondary N) is 1. The van der Waals surface area contributed by atoms with E-state index in [-0.39, 0.29) is 12.5 Å². The van der Waals surface area contributed by atoms with Gasteiger partial charge in [-0.1, -0.05) is 23.2 Å². The fourth-order valence-electron chi connectivity index (χ4n) is 2.78. The third-order valence-electron chi connectivity index (χ3n) is 4.27. The maximum absolute atomic E-state index is 12.8. The molecule has 4 aromatic heterocycles. The zero-order valence-corrected chi connectivity index (χ0v) is 18.3. The van der Waals surface area contributed by atoms with Crippen molar-refractivity contribution in [1.82, 2.24) is 29.7 Å². The van der Waals surface area contributed by atoms with E-state index in [0.29, 0.717) is 39.3 Å². The number of hydrogen-bond donors (Lipinski definition) is 1. The van der Waals surface area contributed by atoms with Crippen LogP contribution in [0.3, 0.4) is 0 Å². The molecule has 0 aliphatic heterocycles. The van der Waals surface area contributed by atoms with Crippen molar-refractivity contribution in [2.45, 2.75) is 13.0 Å². The van der Waals surface area contributed by atoms with Gasteiger partial charge >= 0.3 is 0 Å². The number of carbonyl (C=O) groups is 1. The van der Waals surface area contributed by atoms with Crippen LogP contribution in [0.5, 0.6) is 5.88 Å². The van der Waals surface area contributed by atoms with Crippen molar-refractivity contribution in [3.8, 4) is 11.7 Å². The first kappa shape index (κ1) is 21.9. The molecule has 4 heterocycles. The summed E-state index contributed by atoms with van der Waals surface area (Å²) < 4.78 is 12.8. The first-order valence-corrected chi connectivity index (χ1v) is 10.3. The third-order valence-corrected chi connectivity index (χ3v) is 4.79. The topological polar surface area (TPSA) is 117 Å². The lowest BCUT2D eigenvalue weighted by atomic mass is 10.3. The van der Waals surface area contributed by atoms with Crippen LogP contribution in [0.25, 0.3) is 16.9 Å². The Kier molecular flexibility index (Phi) is 6.74. The molecule has 1 N–H and O–H groups in total. The van der Waals surface area contributed by atoms with Crippen LogP contribution < -0.4 is 10.1 Å². The molecule has 0 aromatic carbocycles. The number of amides is 1. The van der Waals surface area contributed by atoms with E-state index in [2.05, 4.69) is 30.4 Å². The second kappa shape index (κ2) is 9.86. The molecule has 0 fully saturated rings. The minimum absolute atomic E-state index is 0.00161. The van der Waals surface area contributed by atoms with E-state index in [1.54, 1.807) is 30.5 Å². The number of fused-ring (bicyclic) bond motifs is 1. The number of halogens is 2. The highest BCUT2D eigenvalue weighted by Gasteiger charge is 2.24. The molecule has 32 heavy (non-hydrogen) atoms. The molecule has 0 bridgehead atoms. The zero-order valence-electron chi connectivity index (χ0n) is 16.8. The van der Waals surface area contributed by atoms with Gasteiger partial charge in [0.25, 0.3) is 5.91 Å². The fourth-order valence-corrected chi connectivity index (χ4v) is 3.10. The van der Waals surface area contributed by atoms with Crippen LogP contribution in [0.2, 0.25) is 10.0 Å². The number of anilines is 1. The molecule has 0 unspecified atom stereocenters. The SMILES string of the molecule is CCOC[C@H](Oc1ncnc2c1cnn2-c1ncccc1Cl)C(=O)Nc1ccc(Cl)cn1. The molecule has 12 heteroatoms. The van der Waals surface area contributed by atoms with E-state index in [1.807, 2.05) is 6.92 Å². The Balaban J connectivity index is 1.62. The number of pyridine rings is 2. The van der Waals surface area contributed by atoms with Crippen LogP contribution in [-0.4, -0.2) is 54.9 Å². The smallest absolute Gasteiger partial charge is 0.269 e. The maximum atomic E-state index is 12.8. The molecule has 1 amide bonds. The molecular weight excluding hydrogens is 457 g/mol. The molecular formula is C20H17Cl2N7O3. The highest BCUT2D eigenvalue weighted by Crippen LogP contribution is 2.26. The van der Waals surface area contributed by atoms with Gasteiger partial charge in [-0.05, 0) is 31.2 Å².